The van der Waals surface area contributed by atoms with Crippen molar-refractivity contribution in [1.29, 1.82) is 0 Å². The van der Waals surface area contributed by atoms with Crippen LogP contribution in [-0.2, 0) is 9.47 Å². The summed E-state index contributed by atoms with van der Waals surface area (Å²) in [5.41, 5.74) is 6.03. The summed E-state index contributed by atoms with van der Waals surface area (Å²) in [7, 11) is 1.24. The normalized spacial score (nSPS) is 18.9. The molecular formula is C13H17FN2O4. The molecule has 1 saturated heterocycles. The number of aliphatic hydroxyl groups is 1. The van der Waals surface area contributed by atoms with Crippen molar-refractivity contribution in [1.82, 2.24) is 0 Å². The Morgan fingerprint density at radius 2 is 2.40 bits per heavy atom. The lowest BCUT2D eigenvalue weighted by Crippen LogP contribution is -2.44. The van der Waals surface area contributed by atoms with E-state index < -0.39 is 11.8 Å². The van der Waals surface area contributed by atoms with Crippen LogP contribution >= 0.6 is 0 Å². The SMILES string of the molecule is COC(=O)c1cc(N2CCOC(CO)C2)c(F)cc1N. The van der Waals surface area contributed by atoms with E-state index in [9.17, 15) is 9.18 Å². The molecule has 1 unspecified atom stereocenters. The highest BCUT2D eigenvalue weighted by atomic mass is 19.1. The Labute approximate surface area is 115 Å². The van der Waals surface area contributed by atoms with Crippen LogP contribution in [-0.4, -0.2) is 50.6 Å². The van der Waals surface area contributed by atoms with Crippen molar-refractivity contribution in [3.05, 3.63) is 23.5 Å². The summed E-state index contributed by atoms with van der Waals surface area (Å²) in [6.45, 7) is 1.05. The molecule has 0 spiro atoms. The van der Waals surface area contributed by atoms with Crippen LogP contribution in [0.25, 0.3) is 0 Å². The molecule has 0 radical (unpaired) electrons. The van der Waals surface area contributed by atoms with Gasteiger partial charge in [0.15, 0.2) is 0 Å². The Morgan fingerprint density at radius 1 is 1.65 bits per heavy atom. The van der Waals surface area contributed by atoms with E-state index in [4.69, 9.17) is 15.6 Å². The first-order valence-electron chi connectivity index (χ1n) is 6.21. The maximum Gasteiger partial charge on any atom is 0.340 e. The lowest BCUT2D eigenvalue weighted by atomic mass is 10.1. The second kappa shape index (κ2) is 6.06. The Bertz CT molecular complexity index is 509. The molecule has 0 bridgehead atoms. The minimum Gasteiger partial charge on any atom is -0.465 e. The van der Waals surface area contributed by atoms with Gasteiger partial charge in [0, 0.05) is 18.8 Å². The minimum atomic E-state index is -0.615. The Kier molecular flexibility index (Phi) is 4.41. The number of hydrogen-bond donors (Lipinski definition) is 2. The third-order valence-corrected chi connectivity index (χ3v) is 3.21. The van der Waals surface area contributed by atoms with E-state index in [1.165, 1.54) is 13.2 Å². The number of carbonyl (C=O) groups is 1. The number of rotatable bonds is 3. The van der Waals surface area contributed by atoms with Crippen molar-refractivity contribution in [2.75, 3.05) is 44.0 Å². The number of aliphatic hydroxyl groups excluding tert-OH is 1. The molecule has 0 aliphatic carbocycles. The van der Waals surface area contributed by atoms with Gasteiger partial charge < -0.3 is 25.2 Å². The number of carbonyl (C=O) groups excluding carboxylic acids is 1. The molecule has 1 aromatic carbocycles. The monoisotopic (exact) mass is 284 g/mol. The fourth-order valence-corrected chi connectivity index (χ4v) is 2.15. The van der Waals surface area contributed by atoms with Crippen molar-refractivity contribution in [2.45, 2.75) is 6.10 Å². The number of morpholine rings is 1. The van der Waals surface area contributed by atoms with Gasteiger partial charge in [0.05, 0.1) is 37.7 Å². The molecule has 110 valence electrons. The number of benzene rings is 1. The fourth-order valence-electron chi connectivity index (χ4n) is 2.15. The topological polar surface area (TPSA) is 85.0 Å². The highest BCUT2D eigenvalue weighted by Crippen LogP contribution is 2.27. The van der Waals surface area contributed by atoms with Gasteiger partial charge in [0.1, 0.15) is 5.82 Å². The van der Waals surface area contributed by atoms with Gasteiger partial charge in [0.25, 0.3) is 0 Å². The van der Waals surface area contributed by atoms with Crippen LogP contribution in [0.1, 0.15) is 10.4 Å². The molecule has 0 amide bonds. The average molecular weight is 284 g/mol. The standard InChI is InChI=1S/C13H17FN2O4/c1-19-13(18)9-4-12(10(14)5-11(9)15)16-2-3-20-8(6-16)7-17/h4-5,8,17H,2-3,6-7,15H2,1H3. The van der Waals surface area contributed by atoms with E-state index in [1.54, 1.807) is 4.90 Å². The highest BCUT2D eigenvalue weighted by Gasteiger charge is 2.24. The summed E-state index contributed by atoms with van der Waals surface area (Å²) in [6.07, 6.45) is -0.373. The largest absolute Gasteiger partial charge is 0.465 e. The molecule has 2 rings (SSSR count). The molecule has 0 saturated carbocycles. The summed E-state index contributed by atoms with van der Waals surface area (Å²) in [4.78, 5) is 13.3. The zero-order valence-corrected chi connectivity index (χ0v) is 11.1. The number of halogens is 1. The Hall–Kier alpha value is -1.86. The van der Waals surface area contributed by atoms with Crippen molar-refractivity contribution in [3.63, 3.8) is 0 Å². The van der Waals surface area contributed by atoms with Crippen LogP contribution in [0.5, 0.6) is 0 Å². The van der Waals surface area contributed by atoms with Gasteiger partial charge in [-0.3, -0.25) is 0 Å². The average Bonchev–Trinajstić information content (AvgIpc) is 2.46. The van der Waals surface area contributed by atoms with Gasteiger partial charge in [-0.25, -0.2) is 9.18 Å². The molecular weight excluding hydrogens is 267 g/mol. The van der Waals surface area contributed by atoms with Crippen LogP contribution in [0.3, 0.4) is 0 Å². The van der Waals surface area contributed by atoms with Crippen molar-refractivity contribution < 1.29 is 23.8 Å². The first-order chi connectivity index (χ1) is 9.56. The van der Waals surface area contributed by atoms with E-state index in [-0.39, 0.29) is 29.6 Å². The number of esters is 1. The second-order valence-corrected chi connectivity index (χ2v) is 4.50. The highest BCUT2D eigenvalue weighted by molar-refractivity contribution is 5.96. The van der Waals surface area contributed by atoms with Crippen LogP contribution in [0.4, 0.5) is 15.8 Å². The number of nitrogens with two attached hydrogens (primary N) is 1. The van der Waals surface area contributed by atoms with E-state index in [0.29, 0.717) is 19.7 Å². The first kappa shape index (κ1) is 14.5. The second-order valence-electron chi connectivity index (χ2n) is 4.50. The number of nitrogens with zero attached hydrogens (tertiary/aromatic N) is 1. The van der Waals surface area contributed by atoms with Crippen molar-refractivity contribution >= 4 is 17.3 Å². The lowest BCUT2D eigenvalue weighted by Gasteiger charge is -2.34. The number of hydrogen-bond acceptors (Lipinski definition) is 6. The number of ether oxygens (including phenoxy) is 2. The predicted octanol–water partition coefficient (Wildman–Crippen LogP) is 0.392. The number of nitrogen functional groups attached to an aromatic ring is 1. The van der Waals surface area contributed by atoms with E-state index in [0.717, 1.165) is 6.07 Å². The lowest BCUT2D eigenvalue weighted by molar-refractivity contribution is 0.00340. The van der Waals surface area contributed by atoms with Gasteiger partial charge in [-0.1, -0.05) is 0 Å². The summed E-state index contributed by atoms with van der Waals surface area (Å²) in [5.74, 6) is -1.13. The molecule has 1 fully saturated rings. The van der Waals surface area contributed by atoms with Crippen LogP contribution in [0.2, 0.25) is 0 Å². The van der Waals surface area contributed by atoms with E-state index >= 15 is 0 Å². The molecule has 1 aromatic rings. The molecule has 1 atom stereocenters. The van der Waals surface area contributed by atoms with Gasteiger partial charge in [-0.05, 0) is 12.1 Å². The summed E-state index contributed by atoms with van der Waals surface area (Å²) < 4.78 is 24.0. The Morgan fingerprint density at radius 3 is 3.05 bits per heavy atom. The van der Waals surface area contributed by atoms with Gasteiger partial charge >= 0.3 is 5.97 Å². The minimum absolute atomic E-state index is 0.0325. The third kappa shape index (κ3) is 2.83. The molecule has 7 heteroatoms. The number of methoxy groups -OCH3 is 1. The van der Waals surface area contributed by atoms with Gasteiger partial charge in [-0.15, -0.1) is 0 Å². The molecule has 1 heterocycles. The van der Waals surface area contributed by atoms with Crippen molar-refractivity contribution in [3.8, 4) is 0 Å². The van der Waals surface area contributed by atoms with Gasteiger partial charge in [-0.2, -0.15) is 0 Å². The zero-order valence-electron chi connectivity index (χ0n) is 11.1. The molecule has 1 aliphatic heterocycles. The summed E-state index contributed by atoms with van der Waals surface area (Å²) in [6, 6.07) is 2.47. The summed E-state index contributed by atoms with van der Waals surface area (Å²) >= 11 is 0. The maximum atomic E-state index is 14.0. The molecule has 20 heavy (non-hydrogen) atoms. The molecule has 3 N–H and O–H groups in total. The number of anilines is 2. The van der Waals surface area contributed by atoms with Crippen LogP contribution in [0, 0.1) is 5.82 Å². The predicted molar refractivity (Wildman–Crippen MR) is 71.2 cm³/mol. The quantitative estimate of drug-likeness (QED) is 0.617. The van der Waals surface area contributed by atoms with Crippen LogP contribution < -0.4 is 10.6 Å². The summed E-state index contributed by atoms with van der Waals surface area (Å²) in [5, 5.41) is 9.11. The fraction of sp³-hybridized carbons (Fsp3) is 0.462. The van der Waals surface area contributed by atoms with E-state index in [2.05, 4.69) is 4.74 Å². The maximum absolute atomic E-state index is 14.0. The molecule has 6 nitrogen and oxygen atoms in total. The smallest absolute Gasteiger partial charge is 0.340 e. The molecule has 1 aliphatic rings. The molecule has 0 aromatic heterocycles. The van der Waals surface area contributed by atoms with Crippen molar-refractivity contribution in [2.24, 2.45) is 0 Å². The van der Waals surface area contributed by atoms with Crippen LogP contribution in [0.15, 0.2) is 12.1 Å². The third-order valence-electron chi connectivity index (χ3n) is 3.21. The Balaban J connectivity index is 2.33. The zero-order chi connectivity index (χ0) is 14.7. The van der Waals surface area contributed by atoms with Gasteiger partial charge in [0.2, 0.25) is 0 Å². The first-order valence-corrected chi connectivity index (χ1v) is 6.21. The van der Waals surface area contributed by atoms with E-state index in [1.807, 2.05) is 0 Å².